The van der Waals surface area contributed by atoms with E-state index in [0.717, 1.165) is 19.5 Å². The largest absolute Gasteiger partial charge is 0.347 e. The molecule has 1 fully saturated rings. The first-order valence-electron chi connectivity index (χ1n) is 4.77. The minimum atomic E-state index is -0.0840. The molecule has 0 aliphatic carbocycles. The second-order valence-electron chi connectivity index (χ2n) is 3.54. The van der Waals surface area contributed by atoms with Gasteiger partial charge in [-0.2, -0.15) is 5.10 Å². The number of carbonyl (C=O) groups excluding carboxylic acids is 1. The van der Waals surface area contributed by atoms with Gasteiger partial charge >= 0.3 is 0 Å². The van der Waals surface area contributed by atoms with Gasteiger partial charge in [0.05, 0.1) is 0 Å². The average Bonchev–Trinajstić information content (AvgIpc) is 2.75. The second-order valence-corrected chi connectivity index (χ2v) is 3.54. The summed E-state index contributed by atoms with van der Waals surface area (Å²) in [5.74, 6) is -0.0840. The van der Waals surface area contributed by atoms with Crippen LogP contribution in [0.25, 0.3) is 0 Å². The molecule has 1 aliphatic heterocycles. The summed E-state index contributed by atoms with van der Waals surface area (Å²) in [5.41, 5.74) is 0.486. The van der Waals surface area contributed by atoms with Crippen molar-refractivity contribution < 1.29 is 4.79 Å². The molecule has 1 unspecified atom stereocenters. The van der Waals surface area contributed by atoms with Gasteiger partial charge in [0, 0.05) is 25.8 Å². The Hall–Kier alpha value is -1.36. The van der Waals surface area contributed by atoms with Crippen LogP contribution in [0, 0.1) is 0 Å². The van der Waals surface area contributed by atoms with E-state index in [1.165, 1.54) is 0 Å². The van der Waals surface area contributed by atoms with Crippen LogP contribution in [0.2, 0.25) is 0 Å². The van der Waals surface area contributed by atoms with Crippen molar-refractivity contribution in [1.29, 1.82) is 0 Å². The van der Waals surface area contributed by atoms with Crippen molar-refractivity contribution in [2.75, 3.05) is 13.1 Å². The van der Waals surface area contributed by atoms with Crippen LogP contribution in [0.5, 0.6) is 0 Å². The molecule has 1 atom stereocenters. The lowest BCUT2D eigenvalue weighted by Gasteiger charge is -2.09. The van der Waals surface area contributed by atoms with Crippen LogP contribution in [-0.2, 0) is 7.05 Å². The Morgan fingerprint density at radius 1 is 1.79 bits per heavy atom. The van der Waals surface area contributed by atoms with Gasteiger partial charge < -0.3 is 10.6 Å². The summed E-state index contributed by atoms with van der Waals surface area (Å²) in [4.78, 5) is 11.6. The van der Waals surface area contributed by atoms with E-state index in [4.69, 9.17) is 0 Å². The van der Waals surface area contributed by atoms with Crippen LogP contribution in [0.1, 0.15) is 16.9 Å². The molecule has 1 aromatic rings. The van der Waals surface area contributed by atoms with Gasteiger partial charge in [-0.1, -0.05) is 0 Å². The Kier molecular flexibility index (Phi) is 2.49. The fraction of sp³-hybridized carbons (Fsp3) is 0.556. The number of nitrogens with one attached hydrogen (secondary N) is 2. The van der Waals surface area contributed by atoms with Crippen molar-refractivity contribution in [1.82, 2.24) is 20.4 Å². The normalized spacial score (nSPS) is 21.1. The van der Waals surface area contributed by atoms with Crippen LogP contribution in [0.4, 0.5) is 0 Å². The van der Waals surface area contributed by atoms with Crippen molar-refractivity contribution in [2.45, 2.75) is 12.5 Å². The lowest BCUT2D eigenvalue weighted by molar-refractivity contribution is 0.0934. The molecule has 14 heavy (non-hydrogen) atoms. The Labute approximate surface area is 82.5 Å². The van der Waals surface area contributed by atoms with Gasteiger partial charge in [0.2, 0.25) is 0 Å². The van der Waals surface area contributed by atoms with E-state index in [1.54, 1.807) is 24.0 Å². The van der Waals surface area contributed by atoms with Crippen LogP contribution in [0.15, 0.2) is 12.3 Å². The molecular formula is C9H14N4O. The summed E-state index contributed by atoms with van der Waals surface area (Å²) in [7, 11) is 1.80. The van der Waals surface area contributed by atoms with Crippen molar-refractivity contribution in [3.05, 3.63) is 18.0 Å². The maximum atomic E-state index is 11.6. The predicted molar refractivity (Wildman–Crippen MR) is 51.9 cm³/mol. The van der Waals surface area contributed by atoms with Crippen molar-refractivity contribution in [2.24, 2.45) is 7.05 Å². The highest BCUT2D eigenvalue weighted by molar-refractivity contribution is 5.92. The zero-order valence-corrected chi connectivity index (χ0v) is 8.16. The third-order valence-electron chi connectivity index (χ3n) is 2.34. The maximum Gasteiger partial charge on any atom is 0.272 e. The third-order valence-corrected chi connectivity index (χ3v) is 2.34. The number of nitrogens with zero attached hydrogens (tertiary/aromatic N) is 2. The second kappa shape index (κ2) is 3.79. The van der Waals surface area contributed by atoms with E-state index in [2.05, 4.69) is 15.7 Å². The smallest absolute Gasteiger partial charge is 0.272 e. The lowest BCUT2D eigenvalue weighted by atomic mass is 10.2. The number of hydrogen-bond acceptors (Lipinski definition) is 3. The summed E-state index contributed by atoms with van der Waals surface area (Å²) in [6, 6.07) is 1.97. The molecule has 0 bridgehead atoms. The van der Waals surface area contributed by atoms with Gasteiger partial charge in [-0.05, 0) is 19.0 Å². The van der Waals surface area contributed by atoms with Crippen LogP contribution in [-0.4, -0.2) is 34.8 Å². The summed E-state index contributed by atoms with van der Waals surface area (Å²) in [6.45, 7) is 1.84. The SMILES string of the molecule is Cn1ccc(C(=O)NC2CCNC2)n1. The topological polar surface area (TPSA) is 59.0 Å². The van der Waals surface area contributed by atoms with Gasteiger partial charge in [-0.3, -0.25) is 9.48 Å². The third kappa shape index (κ3) is 1.93. The van der Waals surface area contributed by atoms with E-state index < -0.39 is 0 Å². The first-order chi connectivity index (χ1) is 6.75. The molecule has 0 radical (unpaired) electrons. The van der Waals surface area contributed by atoms with Crippen molar-refractivity contribution in [3.8, 4) is 0 Å². The quantitative estimate of drug-likeness (QED) is 0.668. The molecule has 1 amide bonds. The summed E-state index contributed by atoms with van der Waals surface area (Å²) >= 11 is 0. The maximum absolute atomic E-state index is 11.6. The first-order valence-corrected chi connectivity index (χ1v) is 4.77. The summed E-state index contributed by atoms with van der Waals surface area (Å²) in [5, 5.41) is 10.2. The van der Waals surface area contributed by atoms with Gasteiger partial charge in [-0.25, -0.2) is 0 Å². The molecule has 0 saturated carbocycles. The van der Waals surface area contributed by atoms with E-state index in [0.29, 0.717) is 5.69 Å². The monoisotopic (exact) mass is 194 g/mol. The molecular weight excluding hydrogens is 180 g/mol. The fourth-order valence-electron chi connectivity index (χ4n) is 1.57. The number of rotatable bonds is 2. The van der Waals surface area contributed by atoms with E-state index in [9.17, 15) is 4.79 Å². The molecule has 76 valence electrons. The van der Waals surface area contributed by atoms with Gasteiger partial charge in [0.15, 0.2) is 0 Å². The van der Waals surface area contributed by atoms with Gasteiger partial charge in [0.1, 0.15) is 5.69 Å². The zero-order valence-electron chi connectivity index (χ0n) is 8.16. The Morgan fingerprint density at radius 2 is 2.64 bits per heavy atom. The van der Waals surface area contributed by atoms with Crippen molar-refractivity contribution >= 4 is 5.91 Å². The predicted octanol–water partition coefficient (Wildman–Crippen LogP) is -0.488. The van der Waals surface area contributed by atoms with Gasteiger partial charge in [-0.15, -0.1) is 0 Å². The molecule has 1 saturated heterocycles. The molecule has 0 aromatic carbocycles. The number of aromatic nitrogens is 2. The van der Waals surface area contributed by atoms with E-state index in [-0.39, 0.29) is 11.9 Å². The highest BCUT2D eigenvalue weighted by Crippen LogP contribution is 2.00. The highest BCUT2D eigenvalue weighted by atomic mass is 16.2. The van der Waals surface area contributed by atoms with Crippen LogP contribution in [0.3, 0.4) is 0 Å². The van der Waals surface area contributed by atoms with E-state index in [1.807, 2.05) is 0 Å². The molecule has 2 heterocycles. The summed E-state index contributed by atoms with van der Waals surface area (Å²) < 4.78 is 1.63. The Bertz CT molecular complexity index is 327. The molecule has 1 aromatic heterocycles. The Morgan fingerprint density at radius 3 is 3.21 bits per heavy atom. The number of amides is 1. The minimum absolute atomic E-state index is 0.0840. The average molecular weight is 194 g/mol. The lowest BCUT2D eigenvalue weighted by Crippen LogP contribution is -2.36. The number of hydrogen-bond donors (Lipinski definition) is 2. The molecule has 0 spiro atoms. The standard InChI is InChI=1S/C9H14N4O/c1-13-5-3-8(12-13)9(14)11-7-2-4-10-6-7/h3,5,7,10H,2,4,6H2,1H3,(H,11,14). The molecule has 5 heteroatoms. The van der Waals surface area contributed by atoms with E-state index >= 15 is 0 Å². The molecule has 5 nitrogen and oxygen atoms in total. The zero-order chi connectivity index (χ0) is 9.97. The molecule has 2 rings (SSSR count). The van der Waals surface area contributed by atoms with Gasteiger partial charge in [0.25, 0.3) is 5.91 Å². The number of aryl methyl sites for hydroxylation is 1. The minimum Gasteiger partial charge on any atom is -0.347 e. The van der Waals surface area contributed by atoms with Crippen LogP contribution >= 0.6 is 0 Å². The van der Waals surface area contributed by atoms with Crippen molar-refractivity contribution in [3.63, 3.8) is 0 Å². The fourth-order valence-corrected chi connectivity index (χ4v) is 1.57. The molecule has 1 aliphatic rings. The highest BCUT2D eigenvalue weighted by Gasteiger charge is 2.18. The van der Waals surface area contributed by atoms with Crippen LogP contribution < -0.4 is 10.6 Å². The number of carbonyl (C=O) groups is 1. The first kappa shape index (κ1) is 9.21. The Balaban J connectivity index is 1.95. The summed E-state index contributed by atoms with van der Waals surface area (Å²) in [6.07, 6.45) is 2.76. The molecule has 2 N–H and O–H groups in total.